The van der Waals surface area contributed by atoms with Gasteiger partial charge in [0.1, 0.15) is 9.79 Å². The van der Waals surface area contributed by atoms with Crippen molar-refractivity contribution in [2.45, 2.75) is 9.79 Å². The lowest BCUT2D eigenvalue weighted by atomic mass is 10.3. The average Bonchev–Trinajstić information content (AvgIpc) is 2.77. The third kappa shape index (κ3) is 4.63. The fourth-order valence-electron chi connectivity index (χ4n) is 2.35. The van der Waals surface area contributed by atoms with Crippen LogP contribution in [0.2, 0.25) is 0 Å². The van der Waals surface area contributed by atoms with E-state index in [9.17, 15) is 52.0 Å². The summed E-state index contributed by atoms with van der Waals surface area (Å²) in [5, 5.41) is 0. The van der Waals surface area contributed by atoms with Gasteiger partial charge < -0.3 is 8.37 Å². The Morgan fingerprint density at radius 3 is 1.09 bits per heavy atom. The Labute approximate surface area is 185 Å². The number of rotatable bonds is 6. The number of benzene rings is 3. The Kier molecular flexibility index (Phi) is 6.49. The third-order valence-electron chi connectivity index (χ3n) is 3.91. The monoisotopic (exact) mass is 534 g/mol. The van der Waals surface area contributed by atoms with Gasteiger partial charge in [0, 0.05) is 12.1 Å². The molecule has 3 rings (SSSR count). The maximum Gasteiger partial charge on any atom is 0.339 e. The van der Waals surface area contributed by atoms with Crippen LogP contribution in [-0.2, 0) is 20.2 Å². The van der Waals surface area contributed by atoms with Crippen LogP contribution in [0.5, 0.6) is 11.5 Å². The van der Waals surface area contributed by atoms with Gasteiger partial charge in [-0.1, -0.05) is 6.07 Å². The molecule has 0 aliphatic rings. The van der Waals surface area contributed by atoms with E-state index in [1.165, 1.54) is 0 Å². The van der Waals surface area contributed by atoms with E-state index >= 15 is 0 Å². The van der Waals surface area contributed by atoms with Gasteiger partial charge >= 0.3 is 20.2 Å². The Bertz CT molecular complexity index is 1360. The van der Waals surface area contributed by atoms with Crippen LogP contribution >= 0.6 is 0 Å². The Hall–Kier alpha value is -3.40. The third-order valence-corrected chi connectivity index (χ3v) is 6.35. The first-order valence-electron chi connectivity index (χ1n) is 8.30. The molecule has 34 heavy (non-hydrogen) atoms. The second kappa shape index (κ2) is 8.75. The molecular weight excluding hydrogens is 528 g/mol. The molecule has 0 amide bonds. The van der Waals surface area contributed by atoms with Gasteiger partial charge in [-0.2, -0.15) is 34.4 Å². The minimum Gasteiger partial charge on any atom is -0.372 e. The predicted molar refractivity (Wildman–Crippen MR) is 94.6 cm³/mol. The zero-order valence-electron chi connectivity index (χ0n) is 15.8. The first kappa shape index (κ1) is 25.2. The van der Waals surface area contributed by atoms with Crippen molar-refractivity contribution in [3.05, 3.63) is 82.9 Å². The highest BCUT2D eigenvalue weighted by Crippen LogP contribution is 2.32. The van der Waals surface area contributed by atoms with Gasteiger partial charge in [-0.15, -0.1) is 0 Å². The van der Waals surface area contributed by atoms with Gasteiger partial charge in [-0.3, -0.25) is 0 Å². The van der Waals surface area contributed by atoms with Crippen molar-refractivity contribution < 1.29 is 60.3 Å². The Balaban J connectivity index is 2.03. The van der Waals surface area contributed by atoms with Gasteiger partial charge in [0.2, 0.25) is 34.8 Å². The van der Waals surface area contributed by atoms with Gasteiger partial charge in [0.15, 0.2) is 23.3 Å². The standard InChI is InChI=1S/C18H6F8O6S2/c19-9-5-10(20)14(24)17(13(9)23)31-33(27,28)7-2-1-3-8(4-7)34(29,30)32-18-15(25)11(21)6-12(22)16(18)26/h1-6H. The summed E-state index contributed by atoms with van der Waals surface area (Å²) in [6.07, 6.45) is 0. The SMILES string of the molecule is O=S(=O)(Oc1c(F)c(F)cc(F)c1F)c1cccc(S(=O)(=O)Oc2c(F)c(F)cc(F)c2F)c1. The number of halogens is 8. The molecule has 0 aromatic heterocycles. The van der Waals surface area contributed by atoms with Gasteiger partial charge in [0.05, 0.1) is 0 Å². The zero-order valence-corrected chi connectivity index (χ0v) is 17.4. The summed E-state index contributed by atoms with van der Waals surface area (Å²) in [5.74, 6) is -21.0. The molecule has 0 spiro atoms. The van der Waals surface area contributed by atoms with Crippen LogP contribution in [0, 0.1) is 46.5 Å². The van der Waals surface area contributed by atoms with Crippen molar-refractivity contribution in [1.29, 1.82) is 0 Å². The molecule has 3 aromatic carbocycles. The lowest BCUT2D eigenvalue weighted by molar-refractivity contribution is 0.388. The lowest BCUT2D eigenvalue weighted by Crippen LogP contribution is -2.16. The van der Waals surface area contributed by atoms with E-state index in [0.717, 1.165) is 0 Å². The van der Waals surface area contributed by atoms with Gasteiger partial charge in [-0.25, -0.2) is 17.6 Å². The Morgan fingerprint density at radius 2 is 0.794 bits per heavy atom. The van der Waals surface area contributed by atoms with E-state index in [1.54, 1.807) is 0 Å². The molecule has 182 valence electrons. The molecule has 0 saturated carbocycles. The van der Waals surface area contributed by atoms with Gasteiger partial charge in [0.25, 0.3) is 0 Å². The van der Waals surface area contributed by atoms with Crippen LogP contribution in [0.1, 0.15) is 0 Å². The molecule has 0 aliphatic carbocycles. The molecule has 0 heterocycles. The van der Waals surface area contributed by atoms with E-state index < -0.39 is 88.1 Å². The van der Waals surface area contributed by atoms with E-state index in [-0.39, 0.29) is 18.2 Å². The zero-order chi connectivity index (χ0) is 25.6. The maximum absolute atomic E-state index is 13.7. The predicted octanol–water partition coefficient (Wildman–Crippen LogP) is 4.33. The average molecular weight is 534 g/mol. The summed E-state index contributed by atoms with van der Waals surface area (Å²) in [5.41, 5.74) is 0. The Morgan fingerprint density at radius 1 is 0.500 bits per heavy atom. The summed E-state index contributed by atoms with van der Waals surface area (Å²) in [6, 6.07) is 1.61. The first-order valence-corrected chi connectivity index (χ1v) is 11.1. The lowest BCUT2D eigenvalue weighted by Gasteiger charge is -2.12. The summed E-state index contributed by atoms with van der Waals surface area (Å²) < 4.78 is 165. The van der Waals surface area contributed by atoms with Gasteiger partial charge in [-0.05, 0) is 18.2 Å². The molecule has 0 unspecified atom stereocenters. The summed E-state index contributed by atoms with van der Waals surface area (Å²) in [7, 11) is -10.8. The molecule has 0 saturated heterocycles. The molecule has 0 N–H and O–H groups in total. The molecule has 0 bridgehead atoms. The van der Waals surface area contributed by atoms with Crippen LogP contribution in [0.25, 0.3) is 0 Å². The van der Waals surface area contributed by atoms with Crippen molar-refractivity contribution in [3.63, 3.8) is 0 Å². The minimum absolute atomic E-state index is 0.196. The maximum atomic E-state index is 13.7. The van der Waals surface area contributed by atoms with Crippen molar-refractivity contribution in [3.8, 4) is 11.5 Å². The minimum atomic E-state index is -5.38. The molecule has 0 fully saturated rings. The molecular formula is C18H6F8O6S2. The van der Waals surface area contributed by atoms with E-state index in [4.69, 9.17) is 0 Å². The smallest absolute Gasteiger partial charge is 0.339 e. The quantitative estimate of drug-likeness (QED) is 0.266. The van der Waals surface area contributed by atoms with Crippen molar-refractivity contribution in [2.75, 3.05) is 0 Å². The van der Waals surface area contributed by atoms with Crippen LogP contribution in [0.3, 0.4) is 0 Å². The molecule has 0 atom stereocenters. The molecule has 16 heteroatoms. The first-order chi connectivity index (χ1) is 15.7. The van der Waals surface area contributed by atoms with Crippen molar-refractivity contribution in [2.24, 2.45) is 0 Å². The van der Waals surface area contributed by atoms with Crippen LogP contribution in [0.15, 0.2) is 46.2 Å². The second-order valence-corrected chi connectivity index (χ2v) is 9.24. The summed E-state index contributed by atoms with van der Waals surface area (Å²) >= 11 is 0. The largest absolute Gasteiger partial charge is 0.372 e. The molecule has 0 aliphatic heterocycles. The normalized spacial score (nSPS) is 12.0. The summed E-state index contributed by atoms with van der Waals surface area (Å²) in [4.78, 5) is -2.38. The highest BCUT2D eigenvalue weighted by atomic mass is 32.2. The topological polar surface area (TPSA) is 86.7 Å². The molecule has 0 radical (unpaired) electrons. The van der Waals surface area contributed by atoms with E-state index in [1.807, 2.05) is 0 Å². The fraction of sp³-hybridized carbons (Fsp3) is 0. The van der Waals surface area contributed by atoms with Crippen LogP contribution in [-0.4, -0.2) is 16.8 Å². The number of hydrogen-bond donors (Lipinski definition) is 0. The highest BCUT2D eigenvalue weighted by Gasteiger charge is 2.30. The fourth-order valence-corrected chi connectivity index (χ4v) is 4.38. The highest BCUT2D eigenvalue weighted by molar-refractivity contribution is 7.88. The molecule has 6 nitrogen and oxygen atoms in total. The number of hydrogen-bond acceptors (Lipinski definition) is 6. The summed E-state index contributed by atoms with van der Waals surface area (Å²) in [6.45, 7) is 0. The molecule has 3 aromatic rings. The second-order valence-electron chi connectivity index (χ2n) is 6.14. The van der Waals surface area contributed by atoms with Crippen molar-refractivity contribution in [1.82, 2.24) is 0 Å². The van der Waals surface area contributed by atoms with E-state index in [0.29, 0.717) is 18.2 Å². The van der Waals surface area contributed by atoms with Crippen LogP contribution < -0.4 is 8.37 Å². The van der Waals surface area contributed by atoms with Crippen LogP contribution in [0.4, 0.5) is 35.1 Å². The van der Waals surface area contributed by atoms with E-state index in [2.05, 4.69) is 8.37 Å². The van der Waals surface area contributed by atoms with Crippen molar-refractivity contribution >= 4 is 20.2 Å².